The quantitative estimate of drug-likeness (QED) is 0.602. The van der Waals surface area contributed by atoms with Gasteiger partial charge in [0, 0.05) is 19.5 Å². The van der Waals surface area contributed by atoms with Crippen LogP contribution in [0.2, 0.25) is 0 Å². The maximum atomic E-state index is 10.8. The number of benzene rings is 1. The Balaban J connectivity index is 2.51. The number of methoxy groups -OCH3 is 2. The molecule has 19 heavy (non-hydrogen) atoms. The SMILES string of the molecule is COc1ccc(CCNC(C)OC(C)=O)c(OC)c1. The Labute approximate surface area is 113 Å². The van der Waals surface area contributed by atoms with Crippen molar-refractivity contribution in [3.63, 3.8) is 0 Å². The fraction of sp³-hybridized carbons (Fsp3) is 0.500. The third-order valence-electron chi connectivity index (χ3n) is 2.66. The maximum Gasteiger partial charge on any atom is 0.304 e. The van der Waals surface area contributed by atoms with Crippen LogP contribution in [0.4, 0.5) is 0 Å². The third kappa shape index (κ3) is 5.18. The summed E-state index contributed by atoms with van der Waals surface area (Å²) in [5, 5.41) is 3.11. The molecule has 1 atom stereocenters. The average Bonchev–Trinajstić information content (AvgIpc) is 2.38. The Kier molecular flexibility index (Phi) is 6.15. The summed E-state index contributed by atoms with van der Waals surface area (Å²) in [6.07, 6.45) is 0.487. The lowest BCUT2D eigenvalue weighted by Crippen LogP contribution is -2.31. The topological polar surface area (TPSA) is 56.8 Å². The van der Waals surface area contributed by atoms with E-state index in [4.69, 9.17) is 14.2 Å². The lowest BCUT2D eigenvalue weighted by atomic mass is 10.1. The molecule has 1 rings (SSSR count). The molecule has 0 bridgehead atoms. The molecule has 0 saturated carbocycles. The zero-order chi connectivity index (χ0) is 14.3. The number of ether oxygens (including phenoxy) is 3. The highest BCUT2D eigenvalue weighted by Crippen LogP contribution is 2.24. The molecule has 0 aliphatic heterocycles. The smallest absolute Gasteiger partial charge is 0.304 e. The van der Waals surface area contributed by atoms with Gasteiger partial charge in [0.2, 0.25) is 0 Å². The van der Waals surface area contributed by atoms with Gasteiger partial charge >= 0.3 is 5.97 Å². The van der Waals surface area contributed by atoms with Gasteiger partial charge in [-0.2, -0.15) is 0 Å². The van der Waals surface area contributed by atoms with Crippen molar-refractivity contribution in [1.29, 1.82) is 0 Å². The van der Waals surface area contributed by atoms with Crippen LogP contribution in [0.1, 0.15) is 19.4 Å². The first-order chi connectivity index (χ1) is 9.06. The number of hydrogen-bond donors (Lipinski definition) is 1. The van der Waals surface area contributed by atoms with Crippen molar-refractivity contribution in [3.05, 3.63) is 23.8 Å². The Hall–Kier alpha value is -1.75. The molecule has 106 valence electrons. The fourth-order valence-electron chi connectivity index (χ4n) is 1.76. The minimum absolute atomic E-state index is 0.290. The van der Waals surface area contributed by atoms with Crippen LogP contribution < -0.4 is 14.8 Å². The zero-order valence-corrected chi connectivity index (χ0v) is 11.9. The number of esters is 1. The minimum atomic E-state index is -0.290. The first kappa shape index (κ1) is 15.3. The van der Waals surface area contributed by atoms with E-state index in [0.29, 0.717) is 6.54 Å². The second-order valence-corrected chi connectivity index (χ2v) is 4.13. The van der Waals surface area contributed by atoms with Gasteiger partial charge in [-0.05, 0) is 25.0 Å². The van der Waals surface area contributed by atoms with Crippen LogP contribution in [-0.4, -0.2) is 33.0 Å². The zero-order valence-electron chi connectivity index (χ0n) is 11.9. The van der Waals surface area contributed by atoms with Crippen molar-refractivity contribution in [3.8, 4) is 11.5 Å². The van der Waals surface area contributed by atoms with Crippen molar-refractivity contribution in [2.24, 2.45) is 0 Å². The van der Waals surface area contributed by atoms with E-state index in [-0.39, 0.29) is 12.2 Å². The summed E-state index contributed by atoms with van der Waals surface area (Å²) in [6.45, 7) is 3.88. The molecule has 0 heterocycles. The van der Waals surface area contributed by atoms with Crippen molar-refractivity contribution < 1.29 is 19.0 Å². The molecule has 0 aliphatic carbocycles. The average molecular weight is 267 g/mol. The maximum absolute atomic E-state index is 10.8. The molecule has 0 saturated heterocycles. The molecule has 1 aromatic rings. The van der Waals surface area contributed by atoms with Gasteiger partial charge in [-0.1, -0.05) is 6.07 Å². The first-order valence-electron chi connectivity index (χ1n) is 6.18. The molecule has 0 aliphatic rings. The molecule has 0 aromatic heterocycles. The molecule has 1 aromatic carbocycles. The van der Waals surface area contributed by atoms with Crippen LogP contribution in [0.3, 0.4) is 0 Å². The second-order valence-electron chi connectivity index (χ2n) is 4.13. The fourth-order valence-corrected chi connectivity index (χ4v) is 1.76. The highest BCUT2D eigenvalue weighted by molar-refractivity contribution is 5.66. The Bertz CT molecular complexity index is 420. The van der Waals surface area contributed by atoms with Crippen LogP contribution in [0.15, 0.2) is 18.2 Å². The normalized spacial score (nSPS) is 11.8. The molecule has 1 N–H and O–H groups in total. The van der Waals surface area contributed by atoms with Gasteiger partial charge in [-0.3, -0.25) is 10.1 Å². The number of nitrogens with one attached hydrogen (secondary N) is 1. The first-order valence-corrected chi connectivity index (χ1v) is 6.18. The van der Waals surface area contributed by atoms with E-state index in [0.717, 1.165) is 23.5 Å². The minimum Gasteiger partial charge on any atom is -0.497 e. The molecule has 0 spiro atoms. The molecule has 0 radical (unpaired) electrons. The number of carbonyl (C=O) groups excluding carboxylic acids is 1. The standard InChI is InChI=1S/C14H21NO4/c1-10(19-11(2)16)15-8-7-12-5-6-13(17-3)9-14(12)18-4/h5-6,9-10,15H,7-8H2,1-4H3. The van der Waals surface area contributed by atoms with Gasteiger partial charge in [0.1, 0.15) is 11.5 Å². The van der Waals surface area contributed by atoms with Gasteiger partial charge in [-0.15, -0.1) is 0 Å². The van der Waals surface area contributed by atoms with E-state index in [1.54, 1.807) is 21.1 Å². The second kappa shape index (κ2) is 7.63. The predicted octanol–water partition coefficient (Wildman–Crippen LogP) is 1.75. The van der Waals surface area contributed by atoms with Gasteiger partial charge in [0.05, 0.1) is 14.2 Å². The van der Waals surface area contributed by atoms with Gasteiger partial charge in [-0.25, -0.2) is 0 Å². The van der Waals surface area contributed by atoms with E-state index in [2.05, 4.69) is 5.32 Å². The van der Waals surface area contributed by atoms with Crippen LogP contribution in [0.25, 0.3) is 0 Å². The summed E-state index contributed by atoms with van der Waals surface area (Å²) in [6, 6.07) is 5.72. The van der Waals surface area contributed by atoms with Crippen molar-refractivity contribution >= 4 is 5.97 Å². The highest BCUT2D eigenvalue weighted by atomic mass is 16.6. The van der Waals surface area contributed by atoms with E-state index >= 15 is 0 Å². The van der Waals surface area contributed by atoms with Crippen molar-refractivity contribution in [2.45, 2.75) is 26.5 Å². The Morgan fingerprint density at radius 3 is 2.63 bits per heavy atom. The third-order valence-corrected chi connectivity index (χ3v) is 2.66. The van der Waals surface area contributed by atoms with E-state index in [1.807, 2.05) is 18.2 Å². The number of carbonyl (C=O) groups is 1. The highest BCUT2D eigenvalue weighted by Gasteiger charge is 2.07. The molecule has 1 unspecified atom stereocenters. The number of hydrogen-bond acceptors (Lipinski definition) is 5. The lowest BCUT2D eigenvalue weighted by Gasteiger charge is -2.15. The van der Waals surface area contributed by atoms with Gasteiger partial charge in [0.25, 0.3) is 0 Å². The van der Waals surface area contributed by atoms with Crippen LogP contribution in [-0.2, 0) is 16.0 Å². The van der Waals surface area contributed by atoms with Gasteiger partial charge < -0.3 is 14.2 Å². The summed E-state index contributed by atoms with van der Waals surface area (Å²) in [7, 11) is 3.25. The molecular weight excluding hydrogens is 246 g/mol. The summed E-state index contributed by atoms with van der Waals surface area (Å²) < 4.78 is 15.4. The summed E-state index contributed by atoms with van der Waals surface area (Å²) in [5.41, 5.74) is 1.07. The molecule has 5 nitrogen and oxygen atoms in total. The predicted molar refractivity (Wildman–Crippen MR) is 72.5 cm³/mol. The lowest BCUT2D eigenvalue weighted by molar-refractivity contribution is -0.146. The molecular formula is C14H21NO4. The summed E-state index contributed by atoms with van der Waals surface area (Å²) in [4.78, 5) is 10.8. The molecule has 0 fully saturated rings. The van der Waals surface area contributed by atoms with E-state index in [9.17, 15) is 4.79 Å². The Morgan fingerprint density at radius 2 is 2.05 bits per heavy atom. The van der Waals surface area contributed by atoms with Gasteiger partial charge in [0.15, 0.2) is 6.23 Å². The number of rotatable bonds is 7. The van der Waals surface area contributed by atoms with E-state index < -0.39 is 0 Å². The Morgan fingerprint density at radius 1 is 1.32 bits per heavy atom. The van der Waals surface area contributed by atoms with Crippen LogP contribution >= 0.6 is 0 Å². The monoisotopic (exact) mass is 267 g/mol. The summed E-state index contributed by atoms with van der Waals surface area (Å²) in [5.74, 6) is 1.27. The molecule has 5 heteroatoms. The largest absolute Gasteiger partial charge is 0.497 e. The van der Waals surface area contributed by atoms with Crippen molar-refractivity contribution in [2.75, 3.05) is 20.8 Å². The molecule has 0 amide bonds. The summed E-state index contributed by atoms with van der Waals surface area (Å²) >= 11 is 0. The van der Waals surface area contributed by atoms with E-state index in [1.165, 1.54) is 6.92 Å². The van der Waals surface area contributed by atoms with Crippen molar-refractivity contribution in [1.82, 2.24) is 5.32 Å². The van der Waals surface area contributed by atoms with Crippen LogP contribution in [0.5, 0.6) is 11.5 Å². The van der Waals surface area contributed by atoms with Crippen LogP contribution in [0, 0.1) is 0 Å².